The molecule has 36 heavy (non-hydrogen) atoms. The maximum Gasteiger partial charge on any atom is 0.323 e. The van der Waals surface area contributed by atoms with Crippen LogP contribution in [0.4, 0.5) is 0 Å². The lowest BCUT2D eigenvalue weighted by molar-refractivity contribution is -0.169. The number of carbonyl (C=O) groups excluding carboxylic acids is 4. The second-order valence-corrected chi connectivity index (χ2v) is 10.5. The number of hydrogen-bond donors (Lipinski definition) is 0. The maximum absolute atomic E-state index is 13.1. The molecule has 0 radical (unpaired) electrons. The van der Waals surface area contributed by atoms with Gasteiger partial charge in [-0.1, -0.05) is 48.6 Å². The predicted octanol–water partition coefficient (Wildman–Crippen LogP) is 5.11. The number of hydrogen-bond acceptors (Lipinski definition) is 8. The molecule has 1 rings (SSSR count). The Hall–Kier alpha value is -2.72. The highest BCUT2D eigenvalue weighted by molar-refractivity contribution is 9.28. The van der Waals surface area contributed by atoms with Gasteiger partial charge in [0.25, 0.3) is 0 Å². The van der Waals surface area contributed by atoms with Crippen molar-refractivity contribution in [1.82, 2.24) is 0 Å². The Kier molecular flexibility index (Phi) is 12.8. The van der Waals surface area contributed by atoms with Crippen LogP contribution in [0.3, 0.4) is 0 Å². The highest BCUT2D eigenvalue weighted by Crippen LogP contribution is 2.44. The second-order valence-electron chi connectivity index (χ2n) is 7.86. The van der Waals surface area contributed by atoms with Gasteiger partial charge in [0.2, 0.25) is 0 Å². The van der Waals surface area contributed by atoms with E-state index in [1.54, 1.807) is 12.2 Å². The Morgan fingerprint density at radius 3 is 1.56 bits per heavy atom. The highest BCUT2D eigenvalue weighted by atomic mass is 79.9. The van der Waals surface area contributed by atoms with Crippen LogP contribution < -0.4 is 0 Å². The molecule has 0 saturated heterocycles. The van der Waals surface area contributed by atoms with Crippen molar-refractivity contribution < 1.29 is 38.1 Å². The van der Waals surface area contributed by atoms with Gasteiger partial charge in [-0.25, -0.2) is 0 Å². The van der Waals surface area contributed by atoms with Crippen molar-refractivity contribution in [2.24, 2.45) is 10.8 Å². The molecule has 0 aromatic heterocycles. The molecule has 0 aliphatic carbocycles. The monoisotopic (exact) mass is 628 g/mol. The summed E-state index contributed by atoms with van der Waals surface area (Å²) in [5.41, 5.74) is -2.41. The molecule has 0 aliphatic rings. The van der Waals surface area contributed by atoms with Crippen molar-refractivity contribution in [3.63, 3.8) is 0 Å². The molecule has 0 unspecified atom stereocenters. The van der Waals surface area contributed by atoms with Crippen LogP contribution in [0.15, 0.2) is 58.0 Å². The van der Waals surface area contributed by atoms with Crippen molar-refractivity contribution in [3.05, 3.63) is 63.6 Å². The normalized spacial score (nSPS) is 11.4. The number of allylic oxidation sites excluding steroid dienone is 3. The smallest absolute Gasteiger partial charge is 0.323 e. The largest absolute Gasteiger partial charge is 0.468 e. The van der Waals surface area contributed by atoms with E-state index in [-0.39, 0.29) is 25.7 Å². The van der Waals surface area contributed by atoms with Gasteiger partial charge in [-0.2, -0.15) is 0 Å². The summed E-state index contributed by atoms with van der Waals surface area (Å²) in [6, 6.07) is 9.31. The SMILES string of the molecule is C=CCC(CC(CC(C/C=C/c1ccccc1)(C(=O)OC)C(=O)OC)=C(Br)Br)(C(=O)OC)C(=O)OC. The number of benzene rings is 1. The first-order valence-corrected chi connectivity index (χ1v) is 12.4. The molecule has 0 atom stereocenters. The van der Waals surface area contributed by atoms with Crippen LogP contribution in [0.5, 0.6) is 0 Å². The molecule has 1 aromatic rings. The van der Waals surface area contributed by atoms with E-state index in [1.807, 2.05) is 30.3 Å². The zero-order valence-corrected chi connectivity index (χ0v) is 23.8. The van der Waals surface area contributed by atoms with E-state index < -0.39 is 34.7 Å². The summed E-state index contributed by atoms with van der Waals surface area (Å²) in [7, 11) is 4.63. The first-order chi connectivity index (χ1) is 17.1. The number of methoxy groups -OCH3 is 4. The standard InChI is InChI=1S/C26H30Br2O8/c1-6-14-25(21(29)33-2,22(30)34-3)16-19(20(27)28)17-26(23(31)35-4,24(32)36-5)15-10-13-18-11-8-7-9-12-18/h6-13H,1,14-17H2,2-5H3/b13-10+. The Bertz CT molecular complexity index is 978. The summed E-state index contributed by atoms with van der Waals surface area (Å²) in [5, 5.41) is 0. The summed E-state index contributed by atoms with van der Waals surface area (Å²) >= 11 is 6.66. The molecular formula is C26H30Br2O8. The van der Waals surface area contributed by atoms with Gasteiger partial charge in [-0.05, 0) is 68.7 Å². The van der Waals surface area contributed by atoms with E-state index in [2.05, 4.69) is 38.4 Å². The van der Waals surface area contributed by atoms with E-state index >= 15 is 0 Å². The number of halogens is 2. The van der Waals surface area contributed by atoms with Crippen molar-refractivity contribution in [1.29, 1.82) is 0 Å². The van der Waals surface area contributed by atoms with Gasteiger partial charge in [-0.3, -0.25) is 19.2 Å². The van der Waals surface area contributed by atoms with Gasteiger partial charge >= 0.3 is 23.9 Å². The predicted molar refractivity (Wildman–Crippen MR) is 142 cm³/mol. The third kappa shape index (κ3) is 7.39. The average molecular weight is 630 g/mol. The fourth-order valence-electron chi connectivity index (χ4n) is 3.85. The van der Waals surface area contributed by atoms with Gasteiger partial charge in [-0.15, -0.1) is 6.58 Å². The fraction of sp³-hybridized carbons (Fsp3) is 0.385. The fourth-order valence-corrected chi connectivity index (χ4v) is 4.41. The van der Waals surface area contributed by atoms with E-state index in [0.717, 1.165) is 19.8 Å². The molecule has 0 heterocycles. The van der Waals surface area contributed by atoms with Crippen LogP contribution in [0, 0.1) is 10.8 Å². The first kappa shape index (κ1) is 31.3. The molecule has 0 amide bonds. The van der Waals surface area contributed by atoms with Gasteiger partial charge in [0.1, 0.15) is 0 Å². The lowest BCUT2D eigenvalue weighted by atomic mass is 9.72. The van der Waals surface area contributed by atoms with Crippen LogP contribution in [0.1, 0.15) is 31.2 Å². The molecule has 1 aromatic carbocycles. The quantitative estimate of drug-likeness (QED) is 0.128. The van der Waals surface area contributed by atoms with Gasteiger partial charge in [0, 0.05) is 0 Å². The number of carbonyl (C=O) groups is 4. The lowest BCUT2D eigenvalue weighted by Crippen LogP contribution is -2.44. The molecule has 10 heteroatoms. The van der Waals surface area contributed by atoms with Gasteiger partial charge in [0.05, 0.1) is 31.8 Å². The lowest BCUT2D eigenvalue weighted by Gasteiger charge is -2.32. The van der Waals surface area contributed by atoms with Crippen LogP contribution in [-0.2, 0) is 38.1 Å². The minimum Gasteiger partial charge on any atom is -0.468 e. The van der Waals surface area contributed by atoms with Crippen molar-refractivity contribution in [2.75, 3.05) is 28.4 Å². The molecule has 196 valence electrons. The molecular weight excluding hydrogens is 600 g/mol. The molecule has 0 spiro atoms. The van der Waals surface area contributed by atoms with Gasteiger partial charge in [0.15, 0.2) is 10.8 Å². The average Bonchev–Trinajstić information content (AvgIpc) is 2.89. The van der Waals surface area contributed by atoms with E-state index in [0.29, 0.717) is 8.96 Å². The van der Waals surface area contributed by atoms with Crippen molar-refractivity contribution in [2.45, 2.75) is 25.7 Å². The van der Waals surface area contributed by atoms with Crippen LogP contribution in [0.25, 0.3) is 6.08 Å². The third-order valence-corrected chi connectivity index (χ3v) is 6.79. The molecule has 0 N–H and O–H groups in total. The molecule has 0 fully saturated rings. The molecule has 0 aliphatic heterocycles. The number of ether oxygens (including phenoxy) is 4. The topological polar surface area (TPSA) is 105 Å². The summed E-state index contributed by atoms with van der Waals surface area (Å²) in [5.74, 6) is -3.37. The van der Waals surface area contributed by atoms with Gasteiger partial charge < -0.3 is 18.9 Å². The summed E-state index contributed by atoms with van der Waals surface area (Å²) in [6.45, 7) is 3.65. The van der Waals surface area contributed by atoms with Crippen LogP contribution in [0.2, 0.25) is 0 Å². The third-order valence-electron chi connectivity index (χ3n) is 5.67. The minimum absolute atomic E-state index is 0.0804. The summed E-state index contributed by atoms with van der Waals surface area (Å²) in [6.07, 6.45) is 4.14. The number of esters is 4. The zero-order valence-electron chi connectivity index (χ0n) is 20.7. The summed E-state index contributed by atoms with van der Waals surface area (Å²) in [4.78, 5) is 51.9. The Morgan fingerprint density at radius 2 is 1.19 bits per heavy atom. The molecule has 0 bridgehead atoms. The molecule has 0 saturated carbocycles. The van der Waals surface area contributed by atoms with E-state index in [9.17, 15) is 19.2 Å². The van der Waals surface area contributed by atoms with E-state index in [1.165, 1.54) is 20.3 Å². The maximum atomic E-state index is 13.1. The summed E-state index contributed by atoms with van der Waals surface area (Å²) < 4.78 is 20.2. The number of rotatable bonds is 13. The van der Waals surface area contributed by atoms with Crippen LogP contribution >= 0.6 is 31.9 Å². The Labute approximate surface area is 227 Å². The second kappa shape index (κ2) is 14.7. The highest BCUT2D eigenvalue weighted by Gasteiger charge is 2.52. The van der Waals surface area contributed by atoms with Crippen molar-refractivity contribution in [3.8, 4) is 0 Å². The first-order valence-electron chi connectivity index (χ1n) is 10.8. The zero-order chi connectivity index (χ0) is 27.4. The molecule has 8 nitrogen and oxygen atoms in total. The van der Waals surface area contributed by atoms with Crippen LogP contribution in [-0.4, -0.2) is 52.3 Å². The van der Waals surface area contributed by atoms with E-state index in [4.69, 9.17) is 18.9 Å². The van der Waals surface area contributed by atoms with Crippen molar-refractivity contribution >= 4 is 61.8 Å². The Morgan fingerprint density at radius 1 is 0.778 bits per heavy atom. The minimum atomic E-state index is -1.82. The Balaban J connectivity index is 3.63.